The Bertz CT molecular complexity index is 916. The number of hydrogen-bond acceptors (Lipinski definition) is 3. The molecule has 0 bridgehead atoms. The highest BCUT2D eigenvalue weighted by atomic mass is 32.2. The van der Waals surface area contributed by atoms with Gasteiger partial charge in [0.1, 0.15) is 11.5 Å². The van der Waals surface area contributed by atoms with Crippen molar-refractivity contribution in [2.24, 2.45) is 0 Å². The Morgan fingerprint density at radius 1 is 0.606 bits per heavy atom. The molecule has 0 unspecified atom stereocenters. The Morgan fingerprint density at radius 2 is 0.939 bits per heavy atom. The first-order valence-electron chi connectivity index (χ1n) is 12.9. The zero-order valence-electron chi connectivity index (χ0n) is 21.4. The molecule has 0 aromatic heterocycles. The lowest BCUT2D eigenvalue weighted by Crippen LogP contribution is -2.13. The van der Waals surface area contributed by atoms with Crippen LogP contribution in [0.3, 0.4) is 0 Å². The summed E-state index contributed by atoms with van der Waals surface area (Å²) >= 11 is 1.55. The van der Waals surface area contributed by atoms with Gasteiger partial charge >= 0.3 is 0 Å². The molecule has 4 rings (SSSR count). The van der Waals surface area contributed by atoms with Crippen molar-refractivity contribution in [3.8, 4) is 11.5 Å². The second-order valence-corrected chi connectivity index (χ2v) is 13.5. The van der Waals surface area contributed by atoms with E-state index in [0.717, 1.165) is 46.6 Å². The summed E-state index contributed by atoms with van der Waals surface area (Å²) < 4.78 is 0. The third kappa shape index (κ3) is 5.24. The molecule has 2 aromatic carbocycles. The van der Waals surface area contributed by atoms with Gasteiger partial charge < -0.3 is 10.2 Å². The quantitative estimate of drug-likeness (QED) is 0.472. The Kier molecular flexibility index (Phi) is 6.84. The van der Waals surface area contributed by atoms with E-state index < -0.39 is 0 Å². The van der Waals surface area contributed by atoms with E-state index in [1.807, 2.05) is 0 Å². The van der Waals surface area contributed by atoms with E-state index in [-0.39, 0.29) is 10.8 Å². The van der Waals surface area contributed by atoms with Gasteiger partial charge in [0, 0.05) is 0 Å². The van der Waals surface area contributed by atoms with E-state index in [1.54, 1.807) is 11.8 Å². The highest BCUT2D eigenvalue weighted by Gasteiger charge is 2.28. The highest BCUT2D eigenvalue weighted by molar-refractivity contribution is 7.99. The standard InChI is InChI=1S/C30H42O2S/c1-29(2,3)21-15-23(19-11-7-8-12-19)27(31)25(17-21)33-26-18-22(30(4,5)6)16-24(28(26)32)20-13-9-10-14-20/h15-20,31-32H,7-14H2,1-6H3. The van der Waals surface area contributed by atoms with Crippen molar-refractivity contribution < 1.29 is 10.2 Å². The number of phenols is 2. The average Bonchev–Trinajstić information content (AvgIpc) is 3.43. The van der Waals surface area contributed by atoms with Crippen LogP contribution in [0.4, 0.5) is 0 Å². The van der Waals surface area contributed by atoms with Crippen LogP contribution in [0, 0.1) is 0 Å². The monoisotopic (exact) mass is 466 g/mol. The maximum absolute atomic E-state index is 11.4. The summed E-state index contributed by atoms with van der Waals surface area (Å²) in [4.78, 5) is 1.76. The largest absolute Gasteiger partial charge is 0.506 e. The molecule has 0 aliphatic heterocycles. The van der Waals surface area contributed by atoms with E-state index in [9.17, 15) is 10.2 Å². The first-order chi connectivity index (χ1) is 15.4. The normalized spacial score (nSPS) is 18.4. The van der Waals surface area contributed by atoms with Gasteiger partial charge in [-0.2, -0.15) is 0 Å². The van der Waals surface area contributed by atoms with Crippen molar-refractivity contribution in [2.75, 3.05) is 0 Å². The molecule has 2 nitrogen and oxygen atoms in total. The predicted molar refractivity (Wildman–Crippen MR) is 140 cm³/mol. The van der Waals surface area contributed by atoms with Crippen LogP contribution < -0.4 is 0 Å². The van der Waals surface area contributed by atoms with Crippen LogP contribution in [0.15, 0.2) is 34.1 Å². The van der Waals surface area contributed by atoms with Gasteiger partial charge in [-0.3, -0.25) is 0 Å². The second-order valence-electron chi connectivity index (χ2n) is 12.4. The van der Waals surface area contributed by atoms with E-state index in [2.05, 4.69) is 65.8 Å². The summed E-state index contributed by atoms with van der Waals surface area (Å²) in [5.41, 5.74) is 4.72. The van der Waals surface area contributed by atoms with E-state index >= 15 is 0 Å². The minimum atomic E-state index is 0.000669. The SMILES string of the molecule is CC(C)(C)c1cc(Sc2cc(C(C)(C)C)cc(C3CCCC3)c2O)c(O)c(C2CCCC2)c1. The van der Waals surface area contributed by atoms with Gasteiger partial charge in [-0.25, -0.2) is 0 Å². The van der Waals surface area contributed by atoms with Gasteiger partial charge in [0.15, 0.2) is 0 Å². The molecule has 0 amide bonds. The van der Waals surface area contributed by atoms with Crippen molar-refractivity contribution in [3.63, 3.8) is 0 Å². The molecule has 2 N–H and O–H groups in total. The van der Waals surface area contributed by atoms with Crippen molar-refractivity contribution in [2.45, 2.75) is 125 Å². The molecule has 33 heavy (non-hydrogen) atoms. The van der Waals surface area contributed by atoms with Gasteiger partial charge in [-0.15, -0.1) is 0 Å². The number of phenolic OH excluding ortho intramolecular Hbond substituents is 2. The zero-order valence-corrected chi connectivity index (χ0v) is 22.2. The van der Waals surface area contributed by atoms with Gasteiger partial charge in [-0.05, 0) is 82.7 Å². The first-order valence-corrected chi connectivity index (χ1v) is 13.7. The van der Waals surface area contributed by atoms with Crippen molar-refractivity contribution >= 4 is 11.8 Å². The summed E-state index contributed by atoms with van der Waals surface area (Å²) in [7, 11) is 0. The maximum atomic E-state index is 11.4. The fourth-order valence-corrected chi connectivity index (χ4v) is 6.53. The van der Waals surface area contributed by atoms with Crippen LogP contribution in [-0.4, -0.2) is 10.2 Å². The lowest BCUT2D eigenvalue weighted by molar-refractivity contribution is 0.443. The third-order valence-electron chi connectivity index (χ3n) is 7.75. The van der Waals surface area contributed by atoms with Crippen LogP contribution in [0.1, 0.15) is 127 Å². The number of hydrogen-bond donors (Lipinski definition) is 2. The van der Waals surface area contributed by atoms with Crippen LogP contribution in [0.5, 0.6) is 11.5 Å². The molecule has 0 radical (unpaired) electrons. The van der Waals surface area contributed by atoms with Crippen molar-refractivity contribution in [3.05, 3.63) is 46.5 Å². The fourth-order valence-electron chi connectivity index (χ4n) is 5.49. The van der Waals surface area contributed by atoms with Crippen LogP contribution in [-0.2, 0) is 10.8 Å². The Labute approximate surface area is 205 Å². The van der Waals surface area contributed by atoms with Crippen molar-refractivity contribution in [1.29, 1.82) is 0 Å². The Balaban J connectivity index is 1.82. The molecule has 2 aliphatic rings. The van der Waals surface area contributed by atoms with Crippen LogP contribution >= 0.6 is 11.8 Å². The van der Waals surface area contributed by atoms with Gasteiger partial charge in [0.05, 0.1) is 9.79 Å². The molecular weight excluding hydrogens is 424 g/mol. The zero-order chi connectivity index (χ0) is 24.0. The smallest absolute Gasteiger partial charge is 0.132 e. The number of aromatic hydroxyl groups is 2. The highest BCUT2D eigenvalue weighted by Crippen LogP contribution is 2.50. The van der Waals surface area contributed by atoms with E-state index in [0.29, 0.717) is 23.3 Å². The molecule has 0 spiro atoms. The fraction of sp³-hybridized carbons (Fsp3) is 0.600. The molecule has 0 saturated heterocycles. The lowest BCUT2D eigenvalue weighted by Gasteiger charge is -2.26. The molecule has 0 atom stereocenters. The molecule has 2 fully saturated rings. The average molecular weight is 467 g/mol. The minimum absolute atomic E-state index is 0.000669. The third-order valence-corrected chi connectivity index (χ3v) is 8.81. The van der Waals surface area contributed by atoms with Crippen LogP contribution in [0.25, 0.3) is 0 Å². The first kappa shape index (κ1) is 24.5. The number of benzene rings is 2. The molecule has 2 aliphatic carbocycles. The summed E-state index contributed by atoms with van der Waals surface area (Å²) in [5.74, 6) is 1.72. The van der Waals surface area contributed by atoms with E-state index in [1.165, 1.54) is 36.8 Å². The Hall–Kier alpha value is -1.61. The van der Waals surface area contributed by atoms with Gasteiger partial charge in [0.2, 0.25) is 0 Å². The lowest BCUT2D eigenvalue weighted by atomic mass is 9.83. The predicted octanol–water partition coefficient (Wildman–Crippen LogP) is 9.16. The molecule has 3 heteroatoms. The molecule has 2 aromatic rings. The van der Waals surface area contributed by atoms with E-state index in [4.69, 9.17) is 0 Å². The molecule has 0 heterocycles. The summed E-state index contributed by atoms with van der Waals surface area (Å²) in [6.07, 6.45) is 9.58. The van der Waals surface area contributed by atoms with Gasteiger partial charge in [0.25, 0.3) is 0 Å². The maximum Gasteiger partial charge on any atom is 0.132 e. The van der Waals surface area contributed by atoms with Crippen LogP contribution in [0.2, 0.25) is 0 Å². The van der Waals surface area contributed by atoms with Crippen molar-refractivity contribution in [1.82, 2.24) is 0 Å². The number of rotatable bonds is 4. The Morgan fingerprint density at radius 3 is 1.24 bits per heavy atom. The topological polar surface area (TPSA) is 40.5 Å². The second kappa shape index (κ2) is 9.21. The summed E-state index contributed by atoms with van der Waals surface area (Å²) in [5, 5.41) is 22.8. The molecule has 2 saturated carbocycles. The minimum Gasteiger partial charge on any atom is -0.506 e. The molecular formula is C30H42O2S. The summed E-state index contributed by atoms with van der Waals surface area (Å²) in [6.45, 7) is 13.4. The molecule has 180 valence electrons. The summed E-state index contributed by atoms with van der Waals surface area (Å²) in [6, 6.07) is 8.78. The van der Waals surface area contributed by atoms with Gasteiger partial charge in [-0.1, -0.05) is 91.1 Å².